The third kappa shape index (κ3) is 2.69. The number of carbonyl (C=O) groups is 1. The Labute approximate surface area is 90.0 Å². The summed E-state index contributed by atoms with van der Waals surface area (Å²) in [5.41, 5.74) is 0.197. The highest BCUT2D eigenvalue weighted by Gasteiger charge is 2.42. The zero-order valence-corrected chi connectivity index (χ0v) is 9.00. The van der Waals surface area contributed by atoms with Crippen LogP contribution in [0.2, 0.25) is 0 Å². The molecule has 2 rings (SSSR count). The maximum Gasteiger partial charge on any atom is 0.249 e. The van der Waals surface area contributed by atoms with Crippen molar-refractivity contribution in [3.8, 4) is 0 Å². The number of nitrogens with one attached hydrogen (secondary N) is 1. The van der Waals surface area contributed by atoms with Crippen LogP contribution in [0, 0.1) is 5.41 Å². The first-order chi connectivity index (χ1) is 7.26. The Morgan fingerprint density at radius 2 is 2.33 bits per heavy atom. The van der Waals surface area contributed by atoms with E-state index < -0.39 is 0 Å². The van der Waals surface area contributed by atoms with Gasteiger partial charge in [0.05, 0.1) is 0 Å². The molecule has 2 N–H and O–H groups in total. The molecule has 0 aromatic heterocycles. The van der Waals surface area contributed by atoms with Crippen molar-refractivity contribution in [1.82, 2.24) is 5.32 Å². The van der Waals surface area contributed by atoms with Gasteiger partial charge in [-0.1, -0.05) is 0 Å². The molecule has 15 heavy (non-hydrogen) atoms. The van der Waals surface area contributed by atoms with Gasteiger partial charge in [0.1, 0.15) is 6.10 Å². The smallest absolute Gasteiger partial charge is 0.249 e. The summed E-state index contributed by atoms with van der Waals surface area (Å²) in [6, 6.07) is 0. The minimum absolute atomic E-state index is 0.0247. The van der Waals surface area contributed by atoms with Gasteiger partial charge in [-0.05, 0) is 37.5 Å². The second-order valence-corrected chi connectivity index (χ2v) is 4.69. The van der Waals surface area contributed by atoms with E-state index in [1.165, 1.54) is 0 Å². The number of hydrogen-bond acceptors (Lipinski definition) is 3. The summed E-state index contributed by atoms with van der Waals surface area (Å²) in [5, 5.41) is 11.8. The lowest BCUT2D eigenvalue weighted by molar-refractivity contribution is -0.130. The van der Waals surface area contributed by atoms with Crippen LogP contribution in [0.5, 0.6) is 0 Å². The number of carbonyl (C=O) groups excluding carboxylic acids is 1. The minimum atomic E-state index is -0.227. The number of amides is 1. The molecule has 2 fully saturated rings. The molecule has 0 bridgehead atoms. The maximum atomic E-state index is 11.6. The van der Waals surface area contributed by atoms with Crippen LogP contribution in [0.4, 0.5) is 0 Å². The summed E-state index contributed by atoms with van der Waals surface area (Å²) in [6.45, 7) is 1.63. The molecule has 4 heteroatoms. The van der Waals surface area contributed by atoms with Crippen molar-refractivity contribution in [2.45, 2.75) is 38.2 Å². The monoisotopic (exact) mass is 213 g/mol. The van der Waals surface area contributed by atoms with Gasteiger partial charge < -0.3 is 15.2 Å². The third-order valence-corrected chi connectivity index (χ3v) is 3.46. The van der Waals surface area contributed by atoms with Gasteiger partial charge in [-0.2, -0.15) is 0 Å². The Morgan fingerprint density at radius 1 is 1.53 bits per heavy atom. The van der Waals surface area contributed by atoms with E-state index >= 15 is 0 Å². The lowest BCUT2D eigenvalue weighted by atomic mass is 10.0. The lowest BCUT2D eigenvalue weighted by Gasteiger charge is -2.16. The van der Waals surface area contributed by atoms with Crippen molar-refractivity contribution in [1.29, 1.82) is 0 Å². The molecule has 1 saturated carbocycles. The van der Waals surface area contributed by atoms with Crippen LogP contribution >= 0.6 is 0 Å². The predicted octanol–water partition coefficient (Wildman–Crippen LogP) is 0.444. The molecule has 86 valence electrons. The van der Waals surface area contributed by atoms with Gasteiger partial charge in [-0.3, -0.25) is 4.79 Å². The average molecular weight is 213 g/mol. The fourth-order valence-corrected chi connectivity index (χ4v) is 2.10. The Kier molecular flexibility index (Phi) is 3.26. The van der Waals surface area contributed by atoms with E-state index in [1.54, 1.807) is 0 Å². The second-order valence-electron chi connectivity index (χ2n) is 4.69. The van der Waals surface area contributed by atoms with Crippen LogP contribution in [-0.4, -0.2) is 36.9 Å². The molecule has 1 atom stereocenters. The number of hydrogen-bond donors (Lipinski definition) is 2. The van der Waals surface area contributed by atoms with Crippen molar-refractivity contribution in [2.75, 3.05) is 19.8 Å². The van der Waals surface area contributed by atoms with E-state index in [-0.39, 0.29) is 24.0 Å². The molecule has 1 heterocycles. The summed E-state index contributed by atoms with van der Waals surface area (Å²) in [4.78, 5) is 11.6. The van der Waals surface area contributed by atoms with E-state index in [0.717, 1.165) is 32.1 Å². The maximum absolute atomic E-state index is 11.6. The molecule has 1 saturated heterocycles. The quantitative estimate of drug-likeness (QED) is 0.697. The minimum Gasteiger partial charge on any atom is -0.396 e. The number of aliphatic hydroxyl groups is 1. The van der Waals surface area contributed by atoms with Crippen LogP contribution in [0.3, 0.4) is 0 Å². The first-order valence-corrected chi connectivity index (χ1v) is 5.76. The normalized spacial score (nSPS) is 27.7. The largest absolute Gasteiger partial charge is 0.396 e. The van der Waals surface area contributed by atoms with E-state index in [4.69, 9.17) is 9.84 Å². The lowest BCUT2D eigenvalue weighted by Crippen LogP contribution is -2.37. The summed E-state index contributed by atoms with van der Waals surface area (Å²) >= 11 is 0. The molecular weight excluding hydrogens is 194 g/mol. The second kappa shape index (κ2) is 4.49. The Morgan fingerprint density at radius 3 is 2.87 bits per heavy atom. The Balaban J connectivity index is 1.70. The molecule has 0 aromatic carbocycles. The molecule has 2 aliphatic rings. The first-order valence-electron chi connectivity index (χ1n) is 5.76. The standard InChI is InChI=1S/C11H19NO3/c13-6-5-11(3-4-11)8-12-10(14)9-2-1-7-15-9/h9,13H,1-8H2,(H,12,14)/t9-/m1/s1. The van der Waals surface area contributed by atoms with Crippen LogP contribution in [-0.2, 0) is 9.53 Å². The summed E-state index contributed by atoms with van der Waals surface area (Å²) in [6.07, 6.45) is 4.66. The van der Waals surface area contributed by atoms with Crippen molar-refractivity contribution in [3.63, 3.8) is 0 Å². The van der Waals surface area contributed by atoms with Crippen LogP contribution in [0.1, 0.15) is 32.1 Å². The predicted molar refractivity (Wildman–Crippen MR) is 55.4 cm³/mol. The van der Waals surface area contributed by atoms with Crippen LogP contribution < -0.4 is 5.32 Å². The molecule has 1 amide bonds. The highest BCUT2D eigenvalue weighted by atomic mass is 16.5. The van der Waals surface area contributed by atoms with E-state index in [1.807, 2.05) is 0 Å². The molecule has 0 radical (unpaired) electrons. The highest BCUT2D eigenvalue weighted by Crippen LogP contribution is 2.47. The number of rotatable bonds is 5. The Bertz CT molecular complexity index is 232. The summed E-state index contributed by atoms with van der Waals surface area (Å²) in [7, 11) is 0. The van der Waals surface area contributed by atoms with Gasteiger partial charge in [0.15, 0.2) is 0 Å². The van der Waals surface area contributed by atoms with Crippen LogP contribution in [0.15, 0.2) is 0 Å². The zero-order chi connectivity index (χ0) is 10.7. The van der Waals surface area contributed by atoms with Crippen molar-refractivity contribution >= 4 is 5.91 Å². The topological polar surface area (TPSA) is 58.6 Å². The van der Waals surface area contributed by atoms with Crippen molar-refractivity contribution < 1.29 is 14.6 Å². The van der Waals surface area contributed by atoms with Gasteiger partial charge in [0.2, 0.25) is 5.91 Å². The van der Waals surface area contributed by atoms with Gasteiger partial charge in [-0.25, -0.2) is 0 Å². The van der Waals surface area contributed by atoms with Gasteiger partial charge in [0.25, 0.3) is 0 Å². The van der Waals surface area contributed by atoms with Gasteiger partial charge in [-0.15, -0.1) is 0 Å². The SMILES string of the molecule is O=C(NCC1(CCO)CC1)[C@H]1CCCO1. The average Bonchev–Trinajstić information content (AvgIpc) is 2.81. The van der Waals surface area contributed by atoms with Gasteiger partial charge >= 0.3 is 0 Å². The van der Waals surface area contributed by atoms with E-state index in [2.05, 4.69) is 5.32 Å². The molecule has 1 aliphatic heterocycles. The molecular formula is C11H19NO3. The van der Waals surface area contributed by atoms with E-state index in [9.17, 15) is 4.79 Å². The fraction of sp³-hybridized carbons (Fsp3) is 0.909. The van der Waals surface area contributed by atoms with Crippen molar-refractivity contribution in [2.24, 2.45) is 5.41 Å². The number of ether oxygens (including phenoxy) is 1. The van der Waals surface area contributed by atoms with Crippen molar-refractivity contribution in [3.05, 3.63) is 0 Å². The molecule has 0 unspecified atom stereocenters. The Hall–Kier alpha value is -0.610. The molecule has 1 aliphatic carbocycles. The molecule has 0 spiro atoms. The number of aliphatic hydroxyl groups excluding tert-OH is 1. The third-order valence-electron chi connectivity index (χ3n) is 3.46. The molecule has 4 nitrogen and oxygen atoms in total. The highest BCUT2D eigenvalue weighted by molar-refractivity contribution is 5.81. The molecule has 0 aromatic rings. The zero-order valence-electron chi connectivity index (χ0n) is 9.00. The summed E-state index contributed by atoms with van der Waals surface area (Å²) in [5.74, 6) is 0.0247. The van der Waals surface area contributed by atoms with E-state index in [0.29, 0.717) is 13.2 Å². The van der Waals surface area contributed by atoms with Crippen LogP contribution in [0.25, 0.3) is 0 Å². The first kappa shape index (κ1) is 10.9. The fourth-order valence-electron chi connectivity index (χ4n) is 2.10. The summed E-state index contributed by atoms with van der Waals surface area (Å²) < 4.78 is 5.30. The van der Waals surface area contributed by atoms with Gasteiger partial charge in [0, 0.05) is 19.8 Å².